The molecule has 2 aromatic heterocycles. The van der Waals surface area contributed by atoms with Crippen LogP contribution in [-0.4, -0.2) is 38.8 Å². The van der Waals surface area contributed by atoms with E-state index in [4.69, 9.17) is 0 Å². The van der Waals surface area contributed by atoms with Gasteiger partial charge in [-0.2, -0.15) is 0 Å². The van der Waals surface area contributed by atoms with Crippen molar-refractivity contribution in [2.24, 2.45) is 0 Å². The standard InChI is InChI=1S/C22H22N4O2/c1-15-21(18(9-10-23-15)16-6-3-2-4-7-16)22(28)26-11-5-8-17(13-26)19-12-20(27)25-14-24-19/h2-4,6-7,9-10,12,14,17H,5,8,11,13H2,1H3,(H,24,25,27)/t17-/m1/s1. The van der Waals surface area contributed by atoms with Crippen LogP contribution in [0.1, 0.15) is 40.5 Å². The number of likely N-dealkylation sites (tertiary alicyclic amines) is 1. The Balaban J connectivity index is 1.65. The number of H-pyrrole nitrogens is 1. The first-order chi connectivity index (χ1) is 13.6. The molecule has 1 atom stereocenters. The Morgan fingerprint density at radius 3 is 2.79 bits per heavy atom. The Labute approximate surface area is 163 Å². The maximum Gasteiger partial charge on any atom is 0.256 e. The van der Waals surface area contributed by atoms with Crippen LogP contribution in [0.4, 0.5) is 0 Å². The molecule has 6 heteroatoms. The number of hydrogen-bond acceptors (Lipinski definition) is 4. The Morgan fingerprint density at radius 2 is 2.00 bits per heavy atom. The average molecular weight is 374 g/mol. The number of aromatic nitrogens is 3. The molecular weight excluding hydrogens is 352 g/mol. The lowest BCUT2D eigenvalue weighted by Gasteiger charge is -2.33. The van der Waals surface area contributed by atoms with Gasteiger partial charge < -0.3 is 9.88 Å². The minimum absolute atomic E-state index is 0.0148. The number of carbonyl (C=O) groups excluding carboxylic acids is 1. The molecule has 4 rings (SSSR count). The van der Waals surface area contributed by atoms with E-state index in [9.17, 15) is 9.59 Å². The van der Waals surface area contributed by atoms with Crippen LogP contribution in [-0.2, 0) is 0 Å². The third-order valence-corrected chi connectivity index (χ3v) is 5.27. The van der Waals surface area contributed by atoms with E-state index in [1.807, 2.05) is 48.2 Å². The smallest absolute Gasteiger partial charge is 0.256 e. The number of nitrogens with zero attached hydrogens (tertiary/aromatic N) is 3. The van der Waals surface area contributed by atoms with Crippen LogP contribution in [0.2, 0.25) is 0 Å². The fraction of sp³-hybridized carbons (Fsp3) is 0.273. The number of nitrogens with one attached hydrogen (secondary N) is 1. The zero-order valence-corrected chi connectivity index (χ0v) is 15.8. The molecule has 6 nitrogen and oxygen atoms in total. The number of hydrogen-bond donors (Lipinski definition) is 1. The number of amides is 1. The van der Waals surface area contributed by atoms with E-state index in [2.05, 4.69) is 15.0 Å². The van der Waals surface area contributed by atoms with Gasteiger partial charge in [-0.15, -0.1) is 0 Å². The molecule has 1 N–H and O–H groups in total. The Kier molecular flexibility index (Phi) is 5.02. The molecule has 0 aliphatic carbocycles. The minimum atomic E-state index is -0.164. The van der Waals surface area contributed by atoms with Gasteiger partial charge in [0.05, 0.1) is 23.3 Å². The highest BCUT2D eigenvalue weighted by molar-refractivity contribution is 6.01. The van der Waals surface area contributed by atoms with E-state index in [-0.39, 0.29) is 17.4 Å². The SMILES string of the molecule is Cc1nccc(-c2ccccc2)c1C(=O)N1CCC[C@@H](c2cc(=O)[nH]cn2)C1. The van der Waals surface area contributed by atoms with Crippen LogP contribution in [0.25, 0.3) is 11.1 Å². The second-order valence-corrected chi connectivity index (χ2v) is 7.11. The summed E-state index contributed by atoms with van der Waals surface area (Å²) in [5.41, 5.74) is 3.85. The molecule has 28 heavy (non-hydrogen) atoms. The lowest BCUT2D eigenvalue weighted by Crippen LogP contribution is -2.40. The van der Waals surface area contributed by atoms with Crippen molar-refractivity contribution in [3.8, 4) is 11.1 Å². The molecule has 142 valence electrons. The van der Waals surface area contributed by atoms with Crippen molar-refractivity contribution >= 4 is 5.91 Å². The predicted octanol–water partition coefficient (Wildman–Crippen LogP) is 3.16. The van der Waals surface area contributed by atoms with Crippen LogP contribution in [0.3, 0.4) is 0 Å². The first-order valence-corrected chi connectivity index (χ1v) is 9.48. The second-order valence-electron chi connectivity index (χ2n) is 7.11. The molecule has 0 saturated carbocycles. The van der Waals surface area contributed by atoms with Gasteiger partial charge in [-0.25, -0.2) is 4.98 Å². The van der Waals surface area contributed by atoms with Crippen molar-refractivity contribution in [2.75, 3.05) is 13.1 Å². The Hall–Kier alpha value is -3.28. The number of benzene rings is 1. The predicted molar refractivity (Wildman–Crippen MR) is 107 cm³/mol. The summed E-state index contributed by atoms with van der Waals surface area (Å²) in [4.78, 5) is 38.2. The summed E-state index contributed by atoms with van der Waals surface area (Å²) in [6.07, 6.45) is 4.97. The largest absolute Gasteiger partial charge is 0.338 e. The van der Waals surface area contributed by atoms with E-state index < -0.39 is 0 Å². The lowest BCUT2D eigenvalue weighted by molar-refractivity contribution is 0.0705. The van der Waals surface area contributed by atoms with Gasteiger partial charge in [0.2, 0.25) is 0 Å². The lowest BCUT2D eigenvalue weighted by atomic mass is 9.92. The molecule has 0 unspecified atom stereocenters. The summed E-state index contributed by atoms with van der Waals surface area (Å²) in [6.45, 7) is 3.12. The maximum atomic E-state index is 13.5. The normalized spacial score (nSPS) is 16.8. The van der Waals surface area contributed by atoms with E-state index in [1.54, 1.807) is 6.20 Å². The minimum Gasteiger partial charge on any atom is -0.338 e. The second kappa shape index (κ2) is 7.76. The van der Waals surface area contributed by atoms with Crippen molar-refractivity contribution in [1.82, 2.24) is 19.9 Å². The van der Waals surface area contributed by atoms with Gasteiger partial charge in [-0.1, -0.05) is 30.3 Å². The maximum absolute atomic E-state index is 13.5. The summed E-state index contributed by atoms with van der Waals surface area (Å²) in [7, 11) is 0. The van der Waals surface area contributed by atoms with E-state index in [0.717, 1.165) is 35.4 Å². The molecule has 1 amide bonds. The number of aromatic amines is 1. The van der Waals surface area contributed by atoms with E-state index in [1.165, 1.54) is 12.4 Å². The molecule has 1 saturated heterocycles. The monoisotopic (exact) mass is 374 g/mol. The first kappa shape index (κ1) is 18.1. The molecule has 1 aliphatic heterocycles. The molecule has 0 spiro atoms. The molecule has 0 radical (unpaired) electrons. The van der Waals surface area contributed by atoms with Gasteiger partial charge in [0.25, 0.3) is 11.5 Å². The molecule has 1 aromatic carbocycles. The summed E-state index contributed by atoms with van der Waals surface area (Å²) in [5.74, 6) is 0.0520. The highest BCUT2D eigenvalue weighted by Crippen LogP contribution is 2.30. The highest BCUT2D eigenvalue weighted by Gasteiger charge is 2.29. The Morgan fingerprint density at radius 1 is 1.18 bits per heavy atom. The van der Waals surface area contributed by atoms with Crippen LogP contribution < -0.4 is 5.56 Å². The molecule has 0 bridgehead atoms. The van der Waals surface area contributed by atoms with Crippen molar-refractivity contribution in [3.05, 3.63) is 82.3 Å². The summed E-state index contributed by atoms with van der Waals surface area (Å²) in [5, 5.41) is 0. The van der Waals surface area contributed by atoms with Gasteiger partial charge in [0.1, 0.15) is 0 Å². The zero-order chi connectivity index (χ0) is 19.5. The number of piperidine rings is 1. The van der Waals surface area contributed by atoms with Crippen LogP contribution in [0.5, 0.6) is 0 Å². The third kappa shape index (κ3) is 3.58. The molecule has 3 aromatic rings. The molecule has 3 heterocycles. The summed E-state index contributed by atoms with van der Waals surface area (Å²) >= 11 is 0. The van der Waals surface area contributed by atoms with E-state index >= 15 is 0 Å². The van der Waals surface area contributed by atoms with E-state index in [0.29, 0.717) is 18.7 Å². The summed E-state index contributed by atoms with van der Waals surface area (Å²) in [6, 6.07) is 13.3. The van der Waals surface area contributed by atoms with Crippen LogP contribution in [0.15, 0.2) is 59.8 Å². The number of rotatable bonds is 3. The van der Waals surface area contributed by atoms with Crippen LogP contribution in [0, 0.1) is 6.92 Å². The van der Waals surface area contributed by atoms with Gasteiger partial charge in [0, 0.05) is 31.3 Å². The molecular formula is C22H22N4O2. The van der Waals surface area contributed by atoms with Crippen molar-refractivity contribution in [2.45, 2.75) is 25.7 Å². The number of aryl methyl sites for hydroxylation is 1. The van der Waals surface area contributed by atoms with Gasteiger partial charge in [-0.05, 0) is 37.0 Å². The topological polar surface area (TPSA) is 79.0 Å². The van der Waals surface area contributed by atoms with Gasteiger partial charge in [0.15, 0.2) is 0 Å². The third-order valence-electron chi connectivity index (χ3n) is 5.27. The van der Waals surface area contributed by atoms with Gasteiger partial charge >= 0.3 is 0 Å². The summed E-state index contributed by atoms with van der Waals surface area (Å²) < 4.78 is 0. The van der Waals surface area contributed by atoms with Crippen molar-refractivity contribution in [3.63, 3.8) is 0 Å². The van der Waals surface area contributed by atoms with Crippen molar-refractivity contribution < 1.29 is 4.79 Å². The fourth-order valence-electron chi connectivity index (χ4n) is 3.86. The number of pyridine rings is 1. The average Bonchev–Trinajstić information content (AvgIpc) is 2.74. The first-order valence-electron chi connectivity index (χ1n) is 9.48. The molecule has 1 fully saturated rings. The Bertz CT molecular complexity index is 1050. The fourth-order valence-corrected chi connectivity index (χ4v) is 3.86. The van der Waals surface area contributed by atoms with Crippen molar-refractivity contribution in [1.29, 1.82) is 0 Å². The zero-order valence-electron chi connectivity index (χ0n) is 15.8. The molecule has 1 aliphatic rings. The van der Waals surface area contributed by atoms with Crippen LogP contribution >= 0.6 is 0 Å². The quantitative estimate of drug-likeness (QED) is 0.764. The highest BCUT2D eigenvalue weighted by atomic mass is 16.2. The van der Waals surface area contributed by atoms with Gasteiger partial charge in [-0.3, -0.25) is 14.6 Å². The number of carbonyl (C=O) groups is 1.